The molecule has 0 radical (unpaired) electrons. The van der Waals surface area contributed by atoms with Crippen LogP contribution in [0.5, 0.6) is 0 Å². The van der Waals surface area contributed by atoms with E-state index in [0.717, 1.165) is 0 Å². The van der Waals surface area contributed by atoms with Crippen LogP contribution in [0.4, 0.5) is 0 Å². The van der Waals surface area contributed by atoms with E-state index in [1.165, 1.54) is 0 Å². The molecule has 48 valence electrons. The molecule has 0 saturated carbocycles. The maximum atomic E-state index is 8.46. The van der Waals surface area contributed by atoms with Gasteiger partial charge < -0.3 is 10.0 Å². The third-order valence-electron chi connectivity index (χ3n) is 1.19. The molecular weight excluding hydrogens is 126 g/mol. The summed E-state index contributed by atoms with van der Waals surface area (Å²) in [5.74, 6) is -0.253. The lowest BCUT2D eigenvalue weighted by Gasteiger charge is -2.10. The van der Waals surface area contributed by atoms with Crippen LogP contribution in [-0.2, 0) is 0 Å². The summed E-state index contributed by atoms with van der Waals surface area (Å²) in [6.45, 7) is 3.41. The summed E-state index contributed by atoms with van der Waals surface area (Å²) in [6, 6.07) is 0. The maximum absolute atomic E-state index is 8.46. The summed E-state index contributed by atoms with van der Waals surface area (Å²) in [6.07, 6.45) is 0. The van der Waals surface area contributed by atoms with Gasteiger partial charge in [-0.15, -0.1) is 11.6 Å². The number of alkyl halides is 1. The maximum Gasteiger partial charge on any atom is 0.455 e. The van der Waals surface area contributed by atoms with Crippen molar-refractivity contribution in [2.24, 2.45) is 0 Å². The van der Waals surface area contributed by atoms with Crippen LogP contribution in [0.1, 0.15) is 13.8 Å². The summed E-state index contributed by atoms with van der Waals surface area (Å²) < 4.78 is 0. The summed E-state index contributed by atoms with van der Waals surface area (Å²) >= 11 is 5.50. The standard InChI is InChI=1S/C4H10BClO2/c1-3(4(2)6)5(7)8/h3-4,7-8H,1-2H3/t3-,4?/m1/s1. The fraction of sp³-hybridized carbons (Fsp3) is 1.00. The van der Waals surface area contributed by atoms with Crippen LogP contribution in [0.3, 0.4) is 0 Å². The van der Waals surface area contributed by atoms with Crippen molar-refractivity contribution < 1.29 is 10.0 Å². The van der Waals surface area contributed by atoms with Gasteiger partial charge in [-0.25, -0.2) is 0 Å². The van der Waals surface area contributed by atoms with Gasteiger partial charge in [0.15, 0.2) is 0 Å². The normalized spacial score (nSPS) is 17.6. The van der Waals surface area contributed by atoms with Gasteiger partial charge in [-0.3, -0.25) is 0 Å². The Hall–Kier alpha value is 0.275. The van der Waals surface area contributed by atoms with Crippen LogP contribution in [-0.4, -0.2) is 22.5 Å². The van der Waals surface area contributed by atoms with Gasteiger partial charge in [0.05, 0.1) is 0 Å². The minimum absolute atomic E-state index is 0.185. The van der Waals surface area contributed by atoms with Gasteiger partial charge in [-0.1, -0.05) is 6.92 Å². The molecule has 0 saturated heterocycles. The van der Waals surface area contributed by atoms with Crippen LogP contribution in [0.15, 0.2) is 0 Å². The van der Waals surface area contributed by atoms with Crippen molar-refractivity contribution in [3.8, 4) is 0 Å². The molecule has 0 heterocycles. The molecule has 0 aromatic rings. The molecule has 4 heteroatoms. The Morgan fingerprint density at radius 3 is 1.75 bits per heavy atom. The van der Waals surface area contributed by atoms with Crippen LogP contribution in [0, 0.1) is 0 Å². The van der Waals surface area contributed by atoms with E-state index >= 15 is 0 Å². The molecule has 1 unspecified atom stereocenters. The molecule has 0 bridgehead atoms. The number of rotatable bonds is 2. The number of hydrogen-bond acceptors (Lipinski definition) is 2. The zero-order valence-corrected chi connectivity index (χ0v) is 5.76. The van der Waals surface area contributed by atoms with Gasteiger partial charge in [0.1, 0.15) is 0 Å². The van der Waals surface area contributed by atoms with E-state index in [1.54, 1.807) is 13.8 Å². The quantitative estimate of drug-likeness (QED) is 0.428. The number of halogens is 1. The Balaban J connectivity index is 3.46. The lowest BCUT2D eigenvalue weighted by molar-refractivity contribution is 0.387. The van der Waals surface area contributed by atoms with Gasteiger partial charge in [0, 0.05) is 11.2 Å². The first kappa shape index (κ1) is 8.27. The average Bonchev–Trinajstić information content (AvgIpc) is 1.64. The van der Waals surface area contributed by atoms with Crippen LogP contribution in [0.2, 0.25) is 5.82 Å². The topological polar surface area (TPSA) is 40.5 Å². The van der Waals surface area contributed by atoms with Crippen molar-refractivity contribution in [1.29, 1.82) is 0 Å². The van der Waals surface area contributed by atoms with Gasteiger partial charge in [-0.2, -0.15) is 0 Å². The van der Waals surface area contributed by atoms with Gasteiger partial charge in [0.25, 0.3) is 0 Å². The second-order valence-electron chi connectivity index (χ2n) is 1.95. The Morgan fingerprint density at radius 2 is 1.75 bits per heavy atom. The molecule has 0 aliphatic heterocycles. The average molecular weight is 136 g/mol. The first-order valence-corrected chi connectivity index (χ1v) is 2.99. The van der Waals surface area contributed by atoms with E-state index in [9.17, 15) is 0 Å². The minimum Gasteiger partial charge on any atom is -0.427 e. The van der Waals surface area contributed by atoms with Gasteiger partial charge in [-0.05, 0) is 6.92 Å². The highest BCUT2D eigenvalue weighted by molar-refractivity contribution is 6.45. The second-order valence-corrected chi connectivity index (χ2v) is 2.64. The van der Waals surface area contributed by atoms with Crippen molar-refractivity contribution in [1.82, 2.24) is 0 Å². The Labute approximate surface area is 54.6 Å². The highest BCUT2D eigenvalue weighted by Gasteiger charge is 2.22. The molecule has 0 amide bonds. The zero-order chi connectivity index (χ0) is 6.73. The van der Waals surface area contributed by atoms with E-state index in [-0.39, 0.29) is 11.2 Å². The monoisotopic (exact) mass is 136 g/mol. The molecule has 0 fully saturated rings. The van der Waals surface area contributed by atoms with E-state index in [1.807, 2.05) is 0 Å². The highest BCUT2D eigenvalue weighted by Crippen LogP contribution is 2.15. The van der Waals surface area contributed by atoms with Crippen molar-refractivity contribution in [3.05, 3.63) is 0 Å². The highest BCUT2D eigenvalue weighted by atomic mass is 35.5. The van der Waals surface area contributed by atoms with E-state index in [4.69, 9.17) is 21.6 Å². The lowest BCUT2D eigenvalue weighted by Crippen LogP contribution is -2.23. The molecule has 0 aromatic carbocycles. The first-order valence-electron chi connectivity index (χ1n) is 2.56. The number of hydrogen-bond donors (Lipinski definition) is 2. The molecule has 0 aliphatic rings. The van der Waals surface area contributed by atoms with E-state index < -0.39 is 7.12 Å². The fourth-order valence-corrected chi connectivity index (χ4v) is 0.367. The summed E-state index contributed by atoms with van der Waals surface area (Å²) in [7, 11) is -1.29. The molecule has 0 spiro atoms. The third kappa shape index (κ3) is 2.55. The predicted octanol–water partition coefficient (Wildman–Crippen LogP) is 0.477. The van der Waals surface area contributed by atoms with Gasteiger partial charge >= 0.3 is 7.12 Å². The molecule has 2 atom stereocenters. The SMILES string of the molecule is CC(Cl)[C@@H](C)B(O)O. The molecule has 0 aromatic heterocycles. The molecule has 2 N–H and O–H groups in total. The summed E-state index contributed by atoms with van der Waals surface area (Å²) in [4.78, 5) is 0. The molecule has 2 nitrogen and oxygen atoms in total. The molecule has 0 aliphatic carbocycles. The first-order chi connectivity index (χ1) is 3.55. The minimum atomic E-state index is -1.29. The van der Waals surface area contributed by atoms with E-state index in [0.29, 0.717) is 0 Å². The van der Waals surface area contributed by atoms with Crippen molar-refractivity contribution in [2.45, 2.75) is 25.0 Å². The lowest BCUT2D eigenvalue weighted by atomic mass is 9.72. The molecule has 8 heavy (non-hydrogen) atoms. The second kappa shape index (κ2) is 3.33. The Bertz CT molecular complexity index is 59.1. The summed E-state index contributed by atoms with van der Waals surface area (Å²) in [5, 5.41) is 16.7. The summed E-state index contributed by atoms with van der Waals surface area (Å²) in [5.41, 5.74) is 0. The zero-order valence-electron chi connectivity index (χ0n) is 5.00. The van der Waals surface area contributed by atoms with E-state index in [2.05, 4.69) is 0 Å². The third-order valence-corrected chi connectivity index (χ3v) is 1.59. The Kier molecular flexibility index (Phi) is 3.44. The smallest absolute Gasteiger partial charge is 0.427 e. The van der Waals surface area contributed by atoms with Crippen molar-refractivity contribution in [3.63, 3.8) is 0 Å². The van der Waals surface area contributed by atoms with Crippen LogP contribution >= 0.6 is 11.6 Å². The fourth-order valence-electron chi connectivity index (χ4n) is 0.237. The van der Waals surface area contributed by atoms with Crippen molar-refractivity contribution >= 4 is 18.7 Å². The molecule has 0 rings (SSSR count). The molecular formula is C4H10BClO2. The predicted molar refractivity (Wildman–Crippen MR) is 34.9 cm³/mol. The van der Waals surface area contributed by atoms with Crippen LogP contribution < -0.4 is 0 Å². The largest absolute Gasteiger partial charge is 0.455 e. The van der Waals surface area contributed by atoms with Crippen LogP contribution in [0.25, 0.3) is 0 Å². The van der Waals surface area contributed by atoms with Gasteiger partial charge in [0.2, 0.25) is 0 Å². The van der Waals surface area contributed by atoms with Crippen molar-refractivity contribution in [2.75, 3.05) is 0 Å². The Morgan fingerprint density at radius 1 is 1.38 bits per heavy atom.